The van der Waals surface area contributed by atoms with Crippen LogP contribution in [0.1, 0.15) is 11.1 Å². The summed E-state index contributed by atoms with van der Waals surface area (Å²) in [5, 5.41) is 14.5. The van der Waals surface area contributed by atoms with Crippen molar-refractivity contribution in [3.8, 4) is 5.75 Å². The maximum atomic E-state index is 11.7. The second kappa shape index (κ2) is 9.43. The number of nitrogens with one attached hydrogen (secondary N) is 1. The molecular formula is C17H17N3O4S. The fourth-order valence-corrected chi connectivity index (χ4v) is 2.66. The van der Waals surface area contributed by atoms with Gasteiger partial charge in [-0.15, -0.1) is 11.8 Å². The average molecular weight is 359 g/mol. The molecule has 0 heterocycles. The Labute approximate surface area is 149 Å². The van der Waals surface area contributed by atoms with Gasteiger partial charge in [-0.05, 0) is 35.4 Å². The third-order valence-corrected chi connectivity index (χ3v) is 4.17. The molecule has 0 fully saturated rings. The number of hydrogen-bond acceptors (Lipinski definition) is 6. The molecule has 0 aliphatic heterocycles. The number of hydrogen-bond donors (Lipinski definition) is 1. The molecule has 2 aromatic carbocycles. The van der Waals surface area contributed by atoms with E-state index < -0.39 is 4.92 Å². The van der Waals surface area contributed by atoms with Gasteiger partial charge >= 0.3 is 0 Å². The highest BCUT2D eigenvalue weighted by Gasteiger charge is 2.05. The summed E-state index contributed by atoms with van der Waals surface area (Å²) in [5.41, 5.74) is 4.28. The fourth-order valence-electron chi connectivity index (χ4n) is 1.88. The number of rotatable bonds is 8. The van der Waals surface area contributed by atoms with Gasteiger partial charge in [0.05, 0.1) is 24.0 Å². The van der Waals surface area contributed by atoms with E-state index in [1.165, 1.54) is 23.9 Å². The molecule has 0 spiro atoms. The van der Waals surface area contributed by atoms with Crippen molar-refractivity contribution in [3.05, 3.63) is 69.8 Å². The highest BCUT2D eigenvalue weighted by atomic mass is 32.2. The van der Waals surface area contributed by atoms with Crippen molar-refractivity contribution in [1.29, 1.82) is 0 Å². The third-order valence-electron chi connectivity index (χ3n) is 3.17. The lowest BCUT2D eigenvalue weighted by atomic mass is 10.2. The van der Waals surface area contributed by atoms with Crippen molar-refractivity contribution in [2.24, 2.45) is 5.10 Å². The molecule has 0 unspecified atom stereocenters. The van der Waals surface area contributed by atoms with Gasteiger partial charge in [-0.25, -0.2) is 5.43 Å². The average Bonchev–Trinajstić information content (AvgIpc) is 2.63. The number of carbonyl (C=O) groups is 1. The zero-order valence-electron chi connectivity index (χ0n) is 13.5. The summed E-state index contributed by atoms with van der Waals surface area (Å²) in [4.78, 5) is 21.9. The number of nitrogens with zero attached hydrogens (tertiary/aromatic N) is 2. The first kappa shape index (κ1) is 18.5. The Kier molecular flexibility index (Phi) is 6.97. The van der Waals surface area contributed by atoms with Crippen LogP contribution in [0, 0.1) is 10.1 Å². The van der Waals surface area contributed by atoms with Crippen LogP contribution in [0.4, 0.5) is 5.69 Å². The zero-order chi connectivity index (χ0) is 18.1. The Hall–Kier alpha value is -2.87. The number of nitro groups is 1. The number of thioether (sulfide) groups is 1. The van der Waals surface area contributed by atoms with E-state index in [4.69, 9.17) is 4.74 Å². The second-order valence-corrected chi connectivity index (χ2v) is 5.97. The van der Waals surface area contributed by atoms with Crippen molar-refractivity contribution < 1.29 is 14.5 Å². The molecule has 0 saturated heterocycles. The summed E-state index contributed by atoms with van der Waals surface area (Å²) in [7, 11) is 1.59. The van der Waals surface area contributed by atoms with Crippen LogP contribution >= 0.6 is 11.8 Å². The van der Waals surface area contributed by atoms with Crippen molar-refractivity contribution in [1.82, 2.24) is 5.43 Å². The van der Waals surface area contributed by atoms with E-state index in [2.05, 4.69) is 10.5 Å². The first-order chi connectivity index (χ1) is 12.1. The van der Waals surface area contributed by atoms with Gasteiger partial charge in [0.2, 0.25) is 5.91 Å². The summed E-state index contributed by atoms with van der Waals surface area (Å²) < 4.78 is 5.06. The smallest absolute Gasteiger partial charge is 0.269 e. The van der Waals surface area contributed by atoms with Crippen LogP contribution in [0.15, 0.2) is 53.6 Å². The first-order valence-corrected chi connectivity index (χ1v) is 8.51. The largest absolute Gasteiger partial charge is 0.497 e. The molecule has 0 aliphatic carbocycles. The van der Waals surface area contributed by atoms with Crippen molar-refractivity contribution in [2.45, 2.75) is 5.75 Å². The lowest BCUT2D eigenvalue weighted by Gasteiger charge is -2.02. The van der Waals surface area contributed by atoms with E-state index in [0.717, 1.165) is 16.9 Å². The summed E-state index contributed by atoms with van der Waals surface area (Å²) in [6.45, 7) is 0. The molecule has 0 saturated carbocycles. The monoisotopic (exact) mass is 359 g/mol. The Bertz CT molecular complexity index is 745. The molecule has 0 aliphatic rings. The number of carbonyl (C=O) groups excluding carboxylic acids is 1. The Balaban J connectivity index is 1.71. The van der Waals surface area contributed by atoms with Crippen LogP contribution in [0.5, 0.6) is 5.75 Å². The van der Waals surface area contributed by atoms with Crippen LogP contribution in [0.2, 0.25) is 0 Å². The summed E-state index contributed by atoms with van der Waals surface area (Å²) in [5.74, 6) is 1.38. The summed E-state index contributed by atoms with van der Waals surface area (Å²) in [6.07, 6.45) is 1.55. The van der Waals surface area contributed by atoms with Crippen LogP contribution in [0.3, 0.4) is 0 Å². The molecule has 2 rings (SSSR count). The topological polar surface area (TPSA) is 93.8 Å². The van der Waals surface area contributed by atoms with Crippen molar-refractivity contribution >= 4 is 29.6 Å². The normalized spacial score (nSPS) is 10.6. The number of hydrazone groups is 1. The second-order valence-electron chi connectivity index (χ2n) is 4.98. The maximum absolute atomic E-state index is 11.7. The SMILES string of the molecule is COc1ccc(/C=N\NC(=O)CSCc2ccc([N+](=O)[O-])cc2)cc1. The van der Waals surface area contributed by atoms with Gasteiger partial charge in [-0.1, -0.05) is 12.1 Å². The van der Waals surface area contributed by atoms with Crippen LogP contribution in [0.25, 0.3) is 0 Å². The zero-order valence-corrected chi connectivity index (χ0v) is 14.4. The Morgan fingerprint density at radius 1 is 1.24 bits per heavy atom. The van der Waals surface area contributed by atoms with E-state index in [1.807, 2.05) is 24.3 Å². The number of benzene rings is 2. The van der Waals surface area contributed by atoms with Gasteiger partial charge in [-0.2, -0.15) is 5.10 Å². The van der Waals surface area contributed by atoms with Crippen LogP contribution in [-0.2, 0) is 10.5 Å². The minimum atomic E-state index is -0.439. The highest BCUT2D eigenvalue weighted by Crippen LogP contribution is 2.16. The predicted molar refractivity (Wildman–Crippen MR) is 98.0 cm³/mol. The van der Waals surface area contributed by atoms with Gasteiger partial charge in [0.15, 0.2) is 0 Å². The molecule has 0 aromatic heterocycles. The molecular weight excluding hydrogens is 342 g/mol. The third kappa shape index (κ3) is 6.27. The highest BCUT2D eigenvalue weighted by molar-refractivity contribution is 7.99. The van der Waals surface area contributed by atoms with E-state index in [-0.39, 0.29) is 17.3 Å². The number of methoxy groups -OCH3 is 1. The minimum absolute atomic E-state index is 0.0550. The molecule has 1 N–H and O–H groups in total. The van der Waals surface area contributed by atoms with Crippen molar-refractivity contribution in [3.63, 3.8) is 0 Å². The standard InChI is InChI=1S/C17H17N3O4S/c1-24-16-8-4-13(5-9-16)10-18-19-17(21)12-25-11-14-2-6-15(7-3-14)20(22)23/h2-10H,11-12H2,1H3,(H,19,21)/b18-10-. The van der Waals surface area contributed by atoms with Gasteiger partial charge in [0, 0.05) is 17.9 Å². The number of amides is 1. The molecule has 7 nitrogen and oxygen atoms in total. The maximum Gasteiger partial charge on any atom is 0.269 e. The Morgan fingerprint density at radius 2 is 1.92 bits per heavy atom. The Morgan fingerprint density at radius 3 is 2.52 bits per heavy atom. The molecule has 0 radical (unpaired) electrons. The fraction of sp³-hybridized carbons (Fsp3) is 0.176. The van der Waals surface area contributed by atoms with Gasteiger partial charge < -0.3 is 4.74 Å². The summed E-state index contributed by atoms with van der Waals surface area (Å²) in [6, 6.07) is 13.6. The molecule has 0 bridgehead atoms. The van der Waals surface area contributed by atoms with E-state index in [1.54, 1.807) is 25.5 Å². The van der Waals surface area contributed by atoms with E-state index >= 15 is 0 Å². The lowest BCUT2D eigenvalue weighted by molar-refractivity contribution is -0.384. The molecule has 25 heavy (non-hydrogen) atoms. The quantitative estimate of drug-likeness (QED) is 0.444. The van der Waals surface area contributed by atoms with E-state index in [9.17, 15) is 14.9 Å². The lowest BCUT2D eigenvalue weighted by Crippen LogP contribution is -2.19. The molecule has 8 heteroatoms. The molecule has 2 aromatic rings. The number of nitro benzene ring substituents is 1. The number of ether oxygens (including phenoxy) is 1. The van der Waals surface area contributed by atoms with Gasteiger partial charge in [0.25, 0.3) is 5.69 Å². The van der Waals surface area contributed by atoms with Crippen molar-refractivity contribution in [2.75, 3.05) is 12.9 Å². The molecule has 0 atom stereocenters. The molecule has 130 valence electrons. The van der Waals surface area contributed by atoms with Crippen LogP contribution < -0.4 is 10.2 Å². The number of non-ortho nitro benzene ring substituents is 1. The predicted octanol–water partition coefficient (Wildman–Crippen LogP) is 2.99. The van der Waals surface area contributed by atoms with Gasteiger partial charge in [0.1, 0.15) is 5.75 Å². The van der Waals surface area contributed by atoms with Gasteiger partial charge in [-0.3, -0.25) is 14.9 Å². The minimum Gasteiger partial charge on any atom is -0.497 e. The van der Waals surface area contributed by atoms with E-state index in [0.29, 0.717) is 5.75 Å². The first-order valence-electron chi connectivity index (χ1n) is 7.35. The van der Waals surface area contributed by atoms with Crippen LogP contribution in [-0.4, -0.2) is 29.9 Å². The summed E-state index contributed by atoms with van der Waals surface area (Å²) >= 11 is 1.41. The molecule has 1 amide bonds.